The van der Waals surface area contributed by atoms with Gasteiger partial charge < -0.3 is 19.9 Å². The predicted molar refractivity (Wildman–Crippen MR) is 142 cm³/mol. The number of anilines is 1. The molecule has 228 valence electrons. The molecule has 44 heavy (non-hydrogen) atoms. The van der Waals surface area contributed by atoms with Crippen molar-refractivity contribution in [1.82, 2.24) is 0 Å². The maximum atomic E-state index is 15.1. The lowest BCUT2D eigenvalue weighted by Gasteiger charge is -2.36. The number of esters is 2. The average Bonchev–Trinajstić information content (AvgIpc) is 2.98. The minimum absolute atomic E-state index is 0.0206. The quantitative estimate of drug-likeness (QED) is 0.260. The summed E-state index contributed by atoms with van der Waals surface area (Å²) >= 11 is 0. The number of halogens is 6. The van der Waals surface area contributed by atoms with Crippen molar-refractivity contribution in [3.63, 3.8) is 0 Å². The van der Waals surface area contributed by atoms with E-state index in [1.54, 1.807) is 30.3 Å². The molecule has 0 aliphatic carbocycles. The molecule has 1 heterocycles. The standard InChI is InChI=1S/C30H21F6N3O5/c1-14-9-18(31)22(44-26-19(32)10-16(11-20(26)33)30(34,35)36)12-21(14)39-25(29(41)43-3)24(28(40)42-2)23(17(13-37)27(39)38)15-7-5-4-6-8-15/h4-12,23H,38H2,1-3H3. The Kier molecular flexibility index (Phi) is 8.61. The van der Waals surface area contributed by atoms with E-state index >= 15 is 4.39 Å². The molecule has 0 radical (unpaired) electrons. The van der Waals surface area contributed by atoms with Crippen molar-refractivity contribution < 1.29 is 50.1 Å². The molecule has 8 nitrogen and oxygen atoms in total. The van der Waals surface area contributed by atoms with E-state index in [1.807, 2.05) is 6.07 Å². The molecule has 0 aromatic heterocycles. The van der Waals surface area contributed by atoms with E-state index in [0.717, 1.165) is 31.3 Å². The van der Waals surface area contributed by atoms with Gasteiger partial charge in [0.05, 0.1) is 48.6 Å². The zero-order valence-corrected chi connectivity index (χ0v) is 23.1. The monoisotopic (exact) mass is 617 g/mol. The molecule has 1 atom stereocenters. The highest BCUT2D eigenvalue weighted by Crippen LogP contribution is 2.45. The summed E-state index contributed by atoms with van der Waals surface area (Å²) < 4.78 is 98.1. The van der Waals surface area contributed by atoms with Crippen LogP contribution in [0.3, 0.4) is 0 Å². The fourth-order valence-electron chi connectivity index (χ4n) is 4.66. The summed E-state index contributed by atoms with van der Waals surface area (Å²) in [5.74, 6) is -10.8. The lowest BCUT2D eigenvalue weighted by Crippen LogP contribution is -2.41. The zero-order valence-electron chi connectivity index (χ0n) is 23.1. The highest BCUT2D eigenvalue weighted by atomic mass is 19.4. The minimum atomic E-state index is -5.08. The lowest BCUT2D eigenvalue weighted by atomic mass is 9.80. The molecule has 1 unspecified atom stereocenters. The molecule has 4 rings (SSSR count). The highest BCUT2D eigenvalue weighted by molar-refractivity contribution is 6.06. The normalized spacial score (nSPS) is 15.2. The predicted octanol–water partition coefficient (Wildman–Crippen LogP) is 6.12. The van der Waals surface area contributed by atoms with Gasteiger partial charge in [0.1, 0.15) is 11.5 Å². The summed E-state index contributed by atoms with van der Waals surface area (Å²) in [4.78, 5) is 27.4. The van der Waals surface area contributed by atoms with Crippen molar-refractivity contribution in [1.29, 1.82) is 5.26 Å². The summed E-state index contributed by atoms with van der Waals surface area (Å²) in [6.07, 6.45) is -5.08. The molecule has 1 aliphatic heterocycles. The largest absolute Gasteiger partial charge is 0.466 e. The number of rotatable bonds is 6. The smallest absolute Gasteiger partial charge is 0.416 e. The molecular formula is C30H21F6N3O5. The van der Waals surface area contributed by atoms with Gasteiger partial charge >= 0.3 is 18.1 Å². The zero-order chi connectivity index (χ0) is 32.5. The first-order valence-corrected chi connectivity index (χ1v) is 12.4. The lowest BCUT2D eigenvalue weighted by molar-refractivity contribution is -0.139. The number of nitriles is 1. The van der Waals surface area contributed by atoms with Gasteiger partial charge in [0, 0.05) is 6.07 Å². The third-order valence-corrected chi connectivity index (χ3v) is 6.64. The van der Waals surface area contributed by atoms with Gasteiger partial charge in [0.25, 0.3) is 0 Å². The van der Waals surface area contributed by atoms with Gasteiger partial charge in [-0.05, 0) is 36.2 Å². The molecule has 0 amide bonds. The Morgan fingerprint density at radius 3 is 2.05 bits per heavy atom. The third kappa shape index (κ3) is 5.63. The summed E-state index contributed by atoms with van der Waals surface area (Å²) in [7, 11) is 2.04. The molecule has 0 spiro atoms. The van der Waals surface area contributed by atoms with Crippen molar-refractivity contribution in [2.45, 2.75) is 19.0 Å². The van der Waals surface area contributed by atoms with E-state index in [2.05, 4.69) is 0 Å². The van der Waals surface area contributed by atoms with Gasteiger partial charge in [0.15, 0.2) is 29.0 Å². The number of alkyl halides is 3. The Morgan fingerprint density at radius 1 is 0.932 bits per heavy atom. The van der Waals surface area contributed by atoms with Gasteiger partial charge in [0.2, 0.25) is 0 Å². The van der Waals surface area contributed by atoms with E-state index in [1.165, 1.54) is 6.92 Å². The van der Waals surface area contributed by atoms with E-state index in [9.17, 15) is 36.8 Å². The molecule has 0 saturated heterocycles. The van der Waals surface area contributed by atoms with Crippen LogP contribution in [0.15, 0.2) is 77.3 Å². The van der Waals surface area contributed by atoms with Crippen LogP contribution >= 0.6 is 0 Å². The summed E-state index contributed by atoms with van der Waals surface area (Å²) in [5, 5.41) is 10.2. The number of methoxy groups -OCH3 is 2. The number of hydrogen-bond donors (Lipinski definition) is 1. The number of hydrogen-bond acceptors (Lipinski definition) is 8. The van der Waals surface area contributed by atoms with Crippen LogP contribution in [-0.4, -0.2) is 26.2 Å². The van der Waals surface area contributed by atoms with Crippen LogP contribution in [-0.2, 0) is 25.2 Å². The van der Waals surface area contributed by atoms with Crippen molar-refractivity contribution in [2.75, 3.05) is 19.1 Å². The molecular weight excluding hydrogens is 596 g/mol. The van der Waals surface area contributed by atoms with Gasteiger partial charge in [-0.15, -0.1) is 0 Å². The molecule has 1 aliphatic rings. The van der Waals surface area contributed by atoms with Gasteiger partial charge in [-0.25, -0.2) is 22.8 Å². The number of allylic oxidation sites excluding steroid dienone is 1. The second-order valence-corrected chi connectivity index (χ2v) is 9.27. The van der Waals surface area contributed by atoms with Crippen molar-refractivity contribution in [3.05, 3.63) is 111 Å². The van der Waals surface area contributed by atoms with Gasteiger partial charge in [-0.1, -0.05) is 30.3 Å². The van der Waals surface area contributed by atoms with Crippen LogP contribution in [0.5, 0.6) is 11.5 Å². The second-order valence-electron chi connectivity index (χ2n) is 9.27. The van der Waals surface area contributed by atoms with E-state index < -0.39 is 70.1 Å². The van der Waals surface area contributed by atoms with Crippen molar-refractivity contribution in [3.8, 4) is 17.6 Å². The van der Waals surface area contributed by atoms with E-state index in [4.69, 9.17) is 19.9 Å². The summed E-state index contributed by atoms with van der Waals surface area (Å²) in [6, 6.07) is 11.6. The second kappa shape index (κ2) is 12.0. The van der Waals surface area contributed by atoms with Crippen molar-refractivity contribution >= 4 is 17.6 Å². The average molecular weight is 618 g/mol. The molecule has 3 aromatic rings. The van der Waals surface area contributed by atoms with Crippen LogP contribution in [0.1, 0.15) is 22.6 Å². The summed E-state index contributed by atoms with van der Waals surface area (Å²) in [6.45, 7) is 1.34. The van der Waals surface area contributed by atoms with Crippen LogP contribution in [0, 0.1) is 35.7 Å². The molecule has 0 saturated carbocycles. The topological polar surface area (TPSA) is 115 Å². The van der Waals surface area contributed by atoms with Crippen LogP contribution < -0.4 is 15.4 Å². The first kappa shape index (κ1) is 31.5. The SMILES string of the molecule is COC(=O)C1=C(C(=O)OC)N(c2cc(Oc3c(F)cc(C(F)(F)F)cc3F)c(F)cc2C)C(N)=C(C#N)C1c1ccccc1. The number of nitrogens with zero attached hydrogens (tertiary/aromatic N) is 2. The Labute approximate surface area is 246 Å². The maximum absolute atomic E-state index is 15.1. The number of carbonyl (C=O) groups is 2. The Balaban J connectivity index is 1.98. The number of carbonyl (C=O) groups excluding carboxylic acids is 2. The molecule has 3 aromatic carbocycles. The van der Waals surface area contributed by atoms with Crippen LogP contribution in [0.4, 0.5) is 32.0 Å². The molecule has 0 bridgehead atoms. The minimum Gasteiger partial charge on any atom is -0.466 e. The molecule has 14 heteroatoms. The first-order chi connectivity index (χ1) is 20.7. The summed E-state index contributed by atoms with van der Waals surface area (Å²) in [5.41, 5.74) is 3.83. The van der Waals surface area contributed by atoms with Crippen molar-refractivity contribution in [2.24, 2.45) is 5.73 Å². The fraction of sp³-hybridized carbons (Fsp3) is 0.167. The Bertz CT molecular complexity index is 1740. The molecule has 2 N–H and O–H groups in total. The first-order valence-electron chi connectivity index (χ1n) is 12.4. The number of ether oxygens (including phenoxy) is 3. The van der Waals surface area contributed by atoms with E-state index in [-0.39, 0.29) is 34.5 Å². The van der Waals surface area contributed by atoms with Gasteiger partial charge in [-0.2, -0.15) is 18.4 Å². The fourth-order valence-corrected chi connectivity index (χ4v) is 4.66. The third-order valence-electron chi connectivity index (χ3n) is 6.64. The highest BCUT2D eigenvalue weighted by Gasteiger charge is 2.43. The molecule has 0 fully saturated rings. The Hall–Kier alpha value is -5.45. The van der Waals surface area contributed by atoms with E-state index in [0.29, 0.717) is 5.56 Å². The number of benzene rings is 3. The maximum Gasteiger partial charge on any atom is 0.416 e. The van der Waals surface area contributed by atoms with Crippen LogP contribution in [0.25, 0.3) is 0 Å². The van der Waals surface area contributed by atoms with Gasteiger partial charge in [-0.3, -0.25) is 4.90 Å². The Morgan fingerprint density at radius 2 is 1.52 bits per heavy atom. The number of aryl methyl sites for hydroxylation is 1. The van der Waals surface area contributed by atoms with Crippen LogP contribution in [0.2, 0.25) is 0 Å². The number of nitrogens with two attached hydrogens (primary N) is 1.